The zero-order valence-corrected chi connectivity index (χ0v) is 34.1. The Hall–Kier alpha value is -0.980. The van der Waals surface area contributed by atoms with Gasteiger partial charge in [-0.05, 0) is 141 Å². The normalized spacial score (nSPS) is 22.9. The molecule has 0 unspecified atom stereocenters. The number of aliphatic hydroxyl groups excluding tert-OH is 2. The minimum Gasteiger partial charge on any atom is -0.399 e. The van der Waals surface area contributed by atoms with Gasteiger partial charge in [0.05, 0.1) is 35.6 Å². The van der Waals surface area contributed by atoms with E-state index in [2.05, 4.69) is 130 Å². The van der Waals surface area contributed by atoms with E-state index < -0.39 is 0 Å². The van der Waals surface area contributed by atoms with Gasteiger partial charge in [0, 0.05) is 11.9 Å². The van der Waals surface area contributed by atoms with Gasteiger partial charge in [-0.2, -0.15) is 0 Å². The highest BCUT2D eigenvalue weighted by atomic mass is 79.9. The van der Waals surface area contributed by atoms with Crippen LogP contribution in [0.25, 0.3) is 0 Å². The van der Waals surface area contributed by atoms with Crippen molar-refractivity contribution in [2.24, 2.45) is 0 Å². The molecule has 0 saturated carbocycles. The minimum atomic E-state index is -0.296. The summed E-state index contributed by atoms with van der Waals surface area (Å²) in [7, 11) is -0.535. The van der Waals surface area contributed by atoms with Crippen molar-refractivity contribution in [1.82, 2.24) is 10.2 Å². The van der Waals surface area contributed by atoms with E-state index in [0.29, 0.717) is 17.2 Å². The van der Waals surface area contributed by atoms with Crippen molar-refractivity contribution < 1.29 is 28.8 Å². The van der Waals surface area contributed by atoms with Gasteiger partial charge in [-0.1, -0.05) is 64.5 Å². The highest BCUT2D eigenvalue weighted by Crippen LogP contribution is 2.38. The molecule has 4 heterocycles. The van der Waals surface area contributed by atoms with Gasteiger partial charge < -0.3 is 39.0 Å². The molecule has 4 saturated heterocycles. The highest BCUT2D eigenvalue weighted by Gasteiger charge is 2.52. The van der Waals surface area contributed by atoms with E-state index in [1.54, 1.807) is 0 Å². The fraction of sp³-hybridized carbons (Fsp3) is 0.684. The standard InChI is InChI=1S/C19H30BNO3.C17H26BNO2.C2H5BrO.ClH/c1-18(2)19(3,4)24-20(23-18)17-7-5-15(6-8-17)16-9-11-21(12-10-16)13-14-22;1-16(2)17(3,4)21-18(20-16)15-7-5-13(6-8-15)14-9-11-19-12-10-14;3-1-2-4;/h5-8,16,22H,9-14H2,1-4H3;5-8,14,19H,9-12H2,1-4H3;4H,1-2H2;1H. The highest BCUT2D eigenvalue weighted by molar-refractivity contribution is 9.09. The van der Waals surface area contributed by atoms with Crippen LogP contribution in [0.4, 0.5) is 0 Å². The van der Waals surface area contributed by atoms with Crippen LogP contribution in [0.15, 0.2) is 48.5 Å². The second-order valence-corrected chi connectivity index (χ2v) is 16.6. The number of likely N-dealkylation sites (tertiary alicyclic amines) is 1. The first kappa shape index (κ1) is 43.4. The summed E-state index contributed by atoms with van der Waals surface area (Å²) in [5.74, 6) is 1.31. The maximum Gasteiger partial charge on any atom is 0.494 e. The SMILES string of the molecule is CC1(C)OB(c2ccc(C3CCN(CCO)CC3)cc2)OC1(C)C.CC1(C)OB(c2ccc(C3CCNCC3)cc2)OC1(C)C.Cl.OCCBr. The molecular weight excluding hydrogens is 717 g/mol. The van der Waals surface area contributed by atoms with E-state index >= 15 is 0 Å². The largest absolute Gasteiger partial charge is 0.494 e. The molecule has 0 atom stereocenters. The summed E-state index contributed by atoms with van der Waals surface area (Å²) in [6.07, 6.45) is 4.79. The second-order valence-electron chi connectivity index (χ2n) is 15.8. The lowest BCUT2D eigenvalue weighted by Crippen LogP contribution is -2.41. The molecule has 280 valence electrons. The molecule has 50 heavy (non-hydrogen) atoms. The Morgan fingerprint density at radius 2 is 0.980 bits per heavy atom. The van der Waals surface area contributed by atoms with Crippen LogP contribution in [0.5, 0.6) is 0 Å². The summed E-state index contributed by atoms with van der Waals surface area (Å²) in [4.78, 5) is 2.34. The molecule has 0 radical (unpaired) electrons. The first-order valence-corrected chi connectivity index (χ1v) is 19.4. The molecule has 4 aliphatic rings. The number of hydrogen-bond donors (Lipinski definition) is 3. The van der Waals surface area contributed by atoms with Crippen molar-refractivity contribution in [3.05, 3.63) is 59.7 Å². The van der Waals surface area contributed by atoms with Crippen LogP contribution >= 0.6 is 28.3 Å². The molecule has 3 N–H and O–H groups in total. The van der Waals surface area contributed by atoms with Gasteiger partial charge in [0.1, 0.15) is 0 Å². The lowest BCUT2D eigenvalue weighted by atomic mass is 9.77. The minimum absolute atomic E-state index is 0. The van der Waals surface area contributed by atoms with Crippen LogP contribution in [0.2, 0.25) is 0 Å². The number of β-amino-alcohol motifs (C(OH)–C–C–N with tert-alkyl or cyclic N) is 1. The first-order valence-electron chi connectivity index (χ1n) is 18.2. The molecule has 6 rings (SSSR count). The maximum atomic E-state index is 9.04. The topological polar surface area (TPSA) is 92.7 Å². The molecule has 8 nitrogen and oxygen atoms in total. The van der Waals surface area contributed by atoms with Crippen LogP contribution in [-0.2, 0) is 18.6 Å². The Balaban J connectivity index is 0.000000242. The predicted molar refractivity (Wildman–Crippen MR) is 213 cm³/mol. The molecule has 4 fully saturated rings. The van der Waals surface area contributed by atoms with Crippen molar-refractivity contribution in [3.63, 3.8) is 0 Å². The Labute approximate surface area is 317 Å². The lowest BCUT2D eigenvalue weighted by Gasteiger charge is -2.32. The first-order chi connectivity index (χ1) is 23.1. The summed E-state index contributed by atoms with van der Waals surface area (Å²) in [6, 6.07) is 17.6. The van der Waals surface area contributed by atoms with Gasteiger partial charge in [0.25, 0.3) is 0 Å². The molecule has 4 aliphatic heterocycles. The quantitative estimate of drug-likeness (QED) is 0.254. The summed E-state index contributed by atoms with van der Waals surface area (Å²) in [5.41, 5.74) is 3.92. The van der Waals surface area contributed by atoms with Crippen molar-refractivity contribution in [3.8, 4) is 0 Å². The van der Waals surface area contributed by atoms with Crippen LogP contribution in [0, 0.1) is 0 Å². The Bertz CT molecular complexity index is 1250. The average molecular weight is 780 g/mol. The van der Waals surface area contributed by atoms with E-state index in [0.717, 1.165) is 56.5 Å². The van der Waals surface area contributed by atoms with Gasteiger partial charge in [-0.15, -0.1) is 12.4 Å². The third-order valence-electron chi connectivity index (χ3n) is 11.3. The van der Waals surface area contributed by atoms with Crippen molar-refractivity contribution in [2.75, 3.05) is 51.3 Å². The van der Waals surface area contributed by atoms with Crippen LogP contribution in [-0.4, -0.2) is 103 Å². The van der Waals surface area contributed by atoms with Gasteiger partial charge in [-0.25, -0.2) is 0 Å². The average Bonchev–Trinajstić information content (AvgIpc) is 3.45. The number of hydrogen-bond acceptors (Lipinski definition) is 8. The number of nitrogens with zero attached hydrogens (tertiary/aromatic N) is 1. The van der Waals surface area contributed by atoms with E-state index in [4.69, 9.17) is 28.8 Å². The van der Waals surface area contributed by atoms with Crippen molar-refractivity contribution >= 4 is 53.5 Å². The second kappa shape index (κ2) is 18.9. The summed E-state index contributed by atoms with van der Waals surface area (Å²) in [6.45, 7) is 22.4. The monoisotopic (exact) mass is 778 g/mol. The number of aliphatic hydroxyl groups is 2. The number of benzene rings is 2. The maximum absolute atomic E-state index is 9.04. The fourth-order valence-corrected chi connectivity index (χ4v) is 6.60. The number of alkyl halides is 1. The molecule has 0 amide bonds. The molecule has 0 aliphatic carbocycles. The van der Waals surface area contributed by atoms with Crippen molar-refractivity contribution in [1.29, 1.82) is 0 Å². The van der Waals surface area contributed by atoms with Crippen LogP contribution in [0.3, 0.4) is 0 Å². The third kappa shape index (κ3) is 11.0. The fourth-order valence-electron chi connectivity index (χ4n) is 6.60. The summed E-state index contributed by atoms with van der Waals surface area (Å²) >= 11 is 3.00. The van der Waals surface area contributed by atoms with Gasteiger partial charge >= 0.3 is 14.2 Å². The number of piperidine rings is 2. The molecule has 0 spiro atoms. The lowest BCUT2D eigenvalue weighted by molar-refractivity contribution is 0.00578. The molecule has 0 bridgehead atoms. The van der Waals surface area contributed by atoms with Crippen molar-refractivity contribution in [2.45, 2.75) is 115 Å². The smallest absolute Gasteiger partial charge is 0.399 e. The summed E-state index contributed by atoms with van der Waals surface area (Å²) < 4.78 is 24.5. The number of nitrogens with one attached hydrogen (secondary N) is 1. The predicted octanol–water partition coefficient (Wildman–Crippen LogP) is 5.41. The van der Waals surface area contributed by atoms with Gasteiger partial charge in [0.2, 0.25) is 0 Å². The van der Waals surface area contributed by atoms with Crippen LogP contribution < -0.4 is 16.2 Å². The van der Waals surface area contributed by atoms with Crippen LogP contribution in [0.1, 0.15) is 104 Å². The third-order valence-corrected chi connectivity index (χ3v) is 11.6. The van der Waals surface area contributed by atoms with Gasteiger partial charge in [-0.3, -0.25) is 0 Å². The zero-order chi connectivity index (χ0) is 35.9. The van der Waals surface area contributed by atoms with E-state index in [1.165, 1.54) is 24.0 Å². The number of halogens is 2. The van der Waals surface area contributed by atoms with E-state index in [9.17, 15) is 0 Å². The molecular formula is C38H62B2BrClN2O6. The molecule has 12 heteroatoms. The Kier molecular flexibility index (Phi) is 16.4. The summed E-state index contributed by atoms with van der Waals surface area (Å²) in [5, 5.41) is 21.0. The molecule has 2 aromatic carbocycles. The van der Waals surface area contributed by atoms with E-state index in [-0.39, 0.29) is 62.3 Å². The molecule has 2 aromatic rings. The van der Waals surface area contributed by atoms with Gasteiger partial charge in [0.15, 0.2) is 0 Å². The Morgan fingerprint density at radius 3 is 1.30 bits per heavy atom. The molecule has 0 aromatic heterocycles. The number of rotatable bonds is 7. The Morgan fingerprint density at radius 1 is 0.640 bits per heavy atom. The van der Waals surface area contributed by atoms with E-state index in [1.807, 2.05) is 0 Å². The zero-order valence-electron chi connectivity index (χ0n) is 31.7.